The third-order valence-electron chi connectivity index (χ3n) is 6.88. The molecular formula is C26H48O7Si2. The SMILES string of the molecule is CCOC1CCC(C)C(C2C(=O)OC(=O)C2CC(C)(C)C(=O)OC(C[Si](C)(C)C)C[Si](C)(C)C)O1. The first kappa shape index (κ1) is 30.2. The van der Waals surface area contributed by atoms with Crippen molar-refractivity contribution in [3.63, 3.8) is 0 Å². The number of carbonyl (C=O) groups is 3. The molecule has 2 saturated heterocycles. The second-order valence-electron chi connectivity index (χ2n) is 13.6. The Morgan fingerprint density at radius 2 is 1.60 bits per heavy atom. The smallest absolute Gasteiger partial charge is 0.320 e. The zero-order valence-electron chi connectivity index (χ0n) is 23.6. The maximum Gasteiger partial charge on any atom is 0.320 e. The second-order valence-corrected chi connectivity index (χ2v) is 24.6. The molecule has 0 aliphatic carbocycles. The molecule has 0 aromatic heterocycles. The van der Waals surface area contributed by atoms with Gasteiger partial charge in [-0.1, -0.05) is 46.2 Å². The van der Waals surface area contributed by atoms with Crippen LogP contribution in [0, 0.1) is 23.2 Å². The molecule has 0 saturated carbocycles. The average Bonchev–Trinajstić information content (AvgIpc) is 2.93. The fraction of sp³-hybridized carbons (Fsp3) is 0.885. The van der Waals surface area contributed by atoms with E-state index in [1.807, 2.05) is 13.8 Å². The first-order chi connectivity index (χ1) is 15.9. The number of rotatable bonds is 11. The van der Waals surface area contributed by atoms with Gasteiger partial charge in [0.1, 0.15) is 0 Å². The highest BCUT2D eigenvalue weighted by Gasteiger charge is 2.54. The van der Waals surface area contributed by atoms with Crippen LogP contribution in [0.25, 0.3) is 0 Å². The van der Waals surface area contributed by atoms with Crippen molar-refractivity contribution in [1.82, 2.24) is 0 Å². The molecule has 0 bridgehead atoms. The molecule has 0 amide bonds. The number of hydrogen-bond donors (Lipinski definition) is 0. The van der Waals surface area contributed by atoms with E-state index in [0.717, 1.165) is 24.9 Å². The Hall–Kier alpha value is -1.04. The van der Waals surface area contributed by atoms with Crippen molar-refractivity contribution in [2.24, 2.45) is 23.2 Å². The Labute approximate surface area is 214 Å². The van der Waals surface area contributed by atoms with Gasteiger partial charge in [-0.25, -0.2) is 0 Å². The van der Waals surface area contributed by atoms with Crippen LogP contribution in [-0.4, -0.2) is 59.2 Å². The van der Waals surface area contributed by atoms with E-state index in [0.29, 0.717) is 6.61 Å². The molecule has 0 aromatic rings. The summed E-state index contributed by atoms with van der Waals surface area (Å²) in [6, 6.07) is 1.83. The molecule has 2 fully saturated rings. The number of hydrogen-bond acceptors (Lipinski definition) is 7. The standard InChI is InChI=1S/C26H48O7Si2/c1-11-30-20-13-12-17(2)22(32-20)21-19(23(27)33-24(21)28)14-26(3,4)25(29)31-18(15-34(5,6)7)16-35(8,9)10/h17-22H,11-16H2,1-10H3. The van der Waals surface area contributed by atoms with Crippen molar-refractivity contribution in [1.29, 1.82) is 0 Å². The minimum Gasteiger partial charge on any atom is -0.463 e. The van der Waals surface area contributed by atoms with E-state index in [-0.39, 0.29) is 24.4 Å². The van der Waals surface area contributed by atoms with E-state index in [2.05, 4.69) is 39.3 Å². The first-order valence-electron chi connectivity index (χ1n) is 13.2. The van der Waals surface area contributed by atoms with Gasteiger partial charge in [-0.2, -0.15) is 0 Å². The van der Waals surface area contributed by atoms with E-state index >= 15 is 0 Å². The number of cyclic esters (lactones) is 2. The normalized spacial score (nSPS) is 28.4. The third-order valence-corrected chi connectivity index (χ3v) is 10.2. The van der Waals surface area contributed by atoms with E-state index < -0.39 is 57.7 Å². The summed E-state index contributed by atoms with van der Waals surface area (Å²) in [5, 5.41) is 0. The van der Waals surface area contributed by atoms with E-state index in [1.165, 1.54) is 0 Å². The molecule has 0 N–H and O–H groups in total. The Morgan fingerprint density at radius 3 is 2.11 bits per heavy atom. The molecule has 5 atom stereocenters. The second kappa shape index (κ2) is 11.6. The molecule has 2 aliphatic rings. The minimum atomic E-state index is -1.46. The van der Waals surface area contributed by atoms with Crippen molar-refractivity contribution in [2.45, 2.75) is 117 Å². The zero-order chi connectivity index (χ0) is 26.8. The zero-order valence-corrected chi connectivity index (χ0v) is 25.6. The number of carbonyl (C=O) groups excluding carboxylic acids is 3. The lowest BCUT2D eigenvalue weighted by Gasteiger charge is -2.38. The summed E-state index contributed by atoms with van der Waals surface area (Å²) in [5.74, 6) is -2.86. The van der Waals surface area contributed by atoms with E-state index in [4.69, 9.17) is 18.9 Å². The molecule has 2 rings (SSSR count). The van der Waals surface area contributed by atoms with Gasteiger partial charge in [-0.05, 0) is 58.0 Å². The fourth-order valence-corrected chi connectivity index (χ4v) is 8.76. The van der Waals surface area contributed by atoms with Crippen LogP contribution >= 0.6 is 0 Å². The maximum atomic E-state index is 13.4. The van der Waals surface area contributed by atoms with Gasteiger partial charge in [0.2, 0.25) is 0 Å². The molecule has 202 valence electrons. The lowest BCUT2D eigenvalue weighted by Crippen LogP contribution is -2.45. The quantitative estimate of drug-likeness (QED) is 0.199. The van der Waals surface area contributed by atoms with Crippen molar-refractivity contribution < 1.29 is 33.3 Å². The fourth-order valence-electron chi connectivity index (χ4n) is 5.28. The number of esters is 3. The van der Waals surface area contributed by atoms with Crippen LogP contribution in [0.4, 0.5) is 0 Å². The van der Waals surface area contributed by atoms with Crippen molar-refractivity contribution in [3.05, 3.63) is 0 Å². The molecule has 0 aromatic carbocycles. The van der Waals surface area contributed by atoms with Crippen LogP contribution in [0.3, 0.4) is 0 Å². The van der Waals surface area contributed by atoms with Crippen LogP contribution in [0.1, 0.15) is 47.0 Å². The molecule has 0 spiro atoms. The van der Waals surface area contributed by atoms with Crippen LogP contribution in [0.2, 0.25) is 51.4 Å². The molecule has 35 heavy (non-hydrogen) atoms. The van der Waals surface area contributed by atoms with Crippen molar-refractivity contribution in [2.75, 3.05) is 6.61 Å². The topological polar surface area (TPSA) is 88.1 Å². The molecule has 2 aliphatic heterocycles. The predicted octanol–water partition coefficient (Wildman–Crippen LogP) is 5.48. The summed E-state index contributed by atoms with van der Waals surface area (Å²) in [6.45, 7) is 21.8. The van der Waals surface area contributed by atoms with Crippen LogP contribution in [-0.2, 0) is 33.3 Å². The molecule has 5 unspecified atom stereocenters. The minimum absolute atomic E-state index is 0.0746. The van der Waals surface area contributed by atoms with Crippen LogP contribution in [0.15, 0.2) is 0 Å². The van der Waals surface area contributed by atoms with Gasteiger partial charge in [-0.15, -0.1) is 0 Å². The largest absolute Gasteiger partial charge is 0.463 e. The van der Waals surface area contributed by atoms with Crippen LogP contribution in [0.5, 0.6) is 0 Å². The number of ether oxygens (including phenoxy) is 4. The highest BCUT2D eigenvalue weighted by molar-refractivity contribution is 6.78. The van der Waals surface area contributed by atoms with Gasteiger partial charge < -0.3 is 18.9 Å². The highest BCUT2D eigenvalue weighted by Crippen LogP contribution is 2.42. The van der Waals surface area contributed by atoms with Gasteiger partial charge in [0, 0.05) is 22.8 Å². The molecule has 2 heterocycles. The molecule has 9 heteroatoms. The predicted molar refractivity (Wildman–Crippen MR) is 141 cm³/mol. The third kappa shape index (κ3) is 8.79. The Morgan fingerprint density at radius 1 is 1.03 bits per heavy atom. The van der Waals surface area contributed by atoms with Gasteiger partial charge in [-0.3, -0.25) is 14.4 Å². The van der Waals surface area contributed by atoms with Gasteiger partial charge >= 0.3 is 17.9 Å². The average molecular weight is 529 g/mol. The lowest BCUT2D eigenvalue weighted by atomic mass is 9.73. The van der Waals surface area contributed by atoms with Crippen LogP contribution < -0.4 is 0 Å². The summed E-state index contributed by atoms with van der Waals surface area (Å²) in [4.78, 5) is 39.0. The summed E-state index contributed by atoms with van der Waals surface area (Å²) < 4.78 is 23.0. The maximum absolute atomic E-state index is 13.4. The Balaban J connectivity index is 2.19. The first-order valence-corrected chi connectivity index (χ1v) is 20.6. The van der Waals surface area contributed by atoms with Gasteiger partial charge in [0.25, 0.3) is 0 Å². The van der Waals surface area contributed by atoms with Gasteiger partial charge in [0.05, 0.1) is 29.5 Å². The Kier molecular flexibility index (Phi) is 9.98. The van der Waals surface area contributed by atoms with E-state index in [1.54, 1.807) is 13.8 Å². The Bertz CT molecular complexity index is 753. The highest BCUT2D eigenvalue weighted by atomic mass is 28.3. The molecule has 7 nitrogen and oxygen atoms in total. The molecule has 0 radical (unpaired) electrons. The summed E-state index contributed by atoms with van der Waals surface area (Å²) in [6.07, 6.45) is 0.774. The summed E-state index contributed by atoms with van der Waals surface area (Å²) in [7, 11) is -2.92. The van der Waals surface area contributed by atoms with E-state index in [9.17, 15) is 14.4 Å². The lowest BCUT2D eigenvalue weighted by molar-refractivity contribution is -0.221. The van der Waals surface area contributed by atoms with Gasteiger partial charge in [0.15, 0.2) is 6.29 Å². The van der Waals surface area contributed by atoms with Crippen molar-refractivity contribution >= 4 is 34.1 Å². The molecular weight excluding hydrogens is 480 g/mol. The van der Waals surface area contributed by atoms with Crippen molar-refractivity contribution in [3.8, 4) is 0 Å². The summed E-state index contributed by atoms with van der Waals surface area (Å²) in [5.41, 5.74) is -0.944. The monoisotopic (exact) mass is 528 g/mol. The summed E-state index contributed by atoms with van der Waals surface area (Å²) >= 11 is 0.